The summed E-state index contributed by atoms with van der Waals surface area (Å²) in [6.45, 7) is 7.16. The van der Waals surface area contributed by atoms with Crippen LogP contribution in [0.2, 0.25) is 0 Å². The van der Waals surface area contributed by atoms with Crippen LogP contribution in [0.3, 0.4) is 0 Å². The monoisotopic (exact) mass is 229 g/mol. The number of aliphatic hydroxyl groups is 1. The molecular formula is C12H23NO3. The average molecular weight is 229 g/mol. The van der Waals surface area contributed by atoms with Gasteiger partial charge in [0.15, 0.2) is 0 Å². The Morgan fingerprint density at radius 1 is 1.44 bits per heavy atom. The van der Waals surface area contributed by atoms with Gasteiger partial charge in [-0.3, -0.25) is 4.90 Å². The third kappa shape index (κ3) is 3.17. The molecule has 4 nitrogen and oxygen atoms in total. The van der Waals surface area contributed by atoms with E-state index in [2.05, 4.69) is 11.8 Å². The highest BCUT2D eigenvalue weighted by Crippen LogP contribution is 2.18. The van der Waals surface area contributed by atoms with E-state index in [0.29, 0.717) is 12.0 Å². The molecule has 3 unspecified atom stereocenters. The Kier molecular flexibility index (Phi) is 4.58. The molecule has 2 rings (SSSR count). The molecule has 2 heterocycles. The van der Waals surface area contributed by atoms with Crippen molar-refractivity contribution in [2.24, 2.45) is 5.92 Å². The third-order valence-corrected chi connectivity index (χ3v) is 3.63. The fourth-order valence-corrected chi connectivity index (χ4v) is 2.46. The van der Waals surface area contributed by atoms with Gasteiger partial charge in [-0.05, 0) is 12.8 Å². The average Bonchev–Trinajstić information content (AvgIpc) is 2.83. The predicted octanol–water partition coefficient (Wildman–Crippen LogP) is 0.495. The summed E-state index contributed by atoms with van der Waals surface area (Å²) in [5.41, 5.74) is 0. The smallest absolute Gasteiger partial charge is 0.0718 e. The Labute approximate surface area is 97.5 Å². The molecule has 4 heteroatoms. The number of hydrogen-bond donors (Lipinski definition) is 1. The lowest BCUT2D eigenvalue weighted by atomic mass is 10.0. The van der Waals surface area contributed by atoms with Crippen LogP contribution in [0, 0.1) is 5.92 Å². The summed E-state index contributed by atoms with van der Waals surface area (Å²) in [6.07, 6.45) is 2.17. The second-order valence-corrected chi connectivity index (χ2v) is 4.85. The number of nitrogens with zero attached hydrogens (tertiary/aromatic N) is 1. The molecule has 0 aromatic rings. The molecule has 1 N–H and O–H groups in total. The lowest BCUT2D eigenvalue weighted by Crippen LogP contribution is -2.46. The van der Waals surface area contributed by atoms with Gasteiger partial charge in [0.25, 0.3) is 0 Å². The SMILES string of the molecule is CCC1CN(CC(O)C2CCOC2)CCO1. The quantitative estimate of drug-likeness (QED) is 0.762. The van der Waals surface area contributed by atoms with Crippen LogP contribution in [0.1, 0.15) is 19.8 Å². The van der Waals surface area contributed by atoms with E-state index in [1.54, 1.807) is 0 Å². The van der Waals surface area contributed by atoms with Crippen LogP contribution in [0.4, 0.5) is 0 Å². The summed E-state index contributed by atoms with van der Waals surface area (Å²) in [6, 6.07) is 0. The molecule has 0 aromatic heterocycles. The van der Waals surface area contributed by atoms with Crippen molar-refractivity contribution in [2.45, 2.75) is 32.0 Å². The highest BCUT2D eigenvalue weighted by Gasteiger charge is 2.27. The molecule has 3 atom stereocenters. The first-order chi connectivity index (χ1) is 7.79. The maximum absolute atomic E-state index is 10.1. The van der Waals surface area contributed by atoms with Crippen molar-refractivity contribution in [2.75, 3.05) is 39.5 Å². The molecule has 16 heavy (non-hydrogen) atoms. The maximum atomic E-state index is 10.1. The molecule has 2 saturated heterocycles. The Hall–Kier alpha value is -0.160. The standard InChI is InChI=1S/C12H23NO3/c1-2-11-7-13(4-6-16-11)8-12(14)10-3-5-15-9-10/h10-12,14H,2-9H2,1H3. The number of rotatable bonds is 4. The normalized spacial score (nSPS) is 34.1. The summed E-state index contributed by atoms with van der Waals surface area (Å²) >= 11 is 0. The van der Waals surface area contributed by atoms with Crippen molar-refractivity contribution in [3.63, 3.8) is 0 Å². The fourth-order valence-electron chi connectivity index (χ4n) is 2.46. The zero-order chi connectivity index (χ0) is 11.4. The van der Waals surface area contributed by atoms with E-state index >= 15 is 0 Å². The van der Waals surface area contributed by atoms with Gasteiger partial charge < -0.3 is 14.6 Å². The molecule has 0 bridgehead atoms. The van der Waals surface area contributed by atoms with Crippen molar-refractivity contribution in [1.82, 2.24) is 4.90 Å². The van der Waals surface area contributed by atoms with Crippen molar-refractivity contribution >= 4 is 0 Å². The van der Waals surface area contributed by atoms with Gasteiger partial charge in [0, 0.05) is 32.2 Å². The fraction of sp³-hybridized carbons (Fsp3) is 1.00. The molecule has 94 valence electrons. The minimum Gasteiger partial charge on any atom is -0.391 e. The van der Waals surface area contributed by atoms with Gasteiger partial charge in [-0.2, -0.15) is 0 Å². The Bertz CT molecular complexity index is 206. The van der Waals surface area contributed by atoms with E-state index in [1.807, 2.05) is 0 Å². The molecule has 0 aliphatic carbocycles. The molecule has 0 aromatic carbocycles. The van der Waals surface area contributed by atoms with E-state index in [9.17, 15) is 5.11 Å². The predicted molar refractivity (Wildman–Crippen MR) is 61.4 cm³/mol. The van der Waals surface area contributed by atoms with E-state index in [1.165, 1.54) is 0 Å². The lowest BCUT2D eigenvalue weighted by molar-refractivity contribution is -0.0478. The van der Waals surface area contributed by atoms with Crippen LogP contribution in [-0.4, -0.2) is 61.7 Å². The van der Waals surface area contributed by atoms with Crippen molar-refractivity contribution in [1.29, 1.82) is 0 Å². The first-order valence-electron chi connectivity index (χ1n) is 6.39. The zero-order valence-electron chi connectivity index (χ0n) is 10.1. The molecule has 0 saturated carbocycles. The summed E-state index contributed by atoms with van der Waals surface area (Å²) < 4.78 is 10.9. The van der Waals surface area contributed by atoms with Crippen LogP contribution < -0.4 is 0 Å². The first kappa shape index (κ1) is 12.3. The van der Waals surface area contributed by atoms with Gasteiger partial charge in [0.05, 0.1) is 25.4 Å². The largest absolute Gasteiger partial charge is 0.391 e. The number of hydrogen-bond acceptors (Lipinski definition) is 4. The van der Waals surface area contributed by atoms with E-state index in [4.69, 9.17) is 9.47 Å². The van der Waals surface area contributed by atoms with Crippen molar-refractivity contribution < 1.29 is 14.6 Å². The zero-order valence-corrected chi connectivity index (χ0v) is 10.1. The Balaban J connectivity index is 1.75. The second kappa shape index (κ2) is 5.96. The van der Waals surface area contributed by atoms with Gasteiger partial charge in [-0.1, -0.05) is 6.92 Å². The molecule has 0 radical (unpaired) electrons. The molecule has 2 aliphatic heterocycles. The number of morpholine rings is 1. The molecule has 2 fully saturated rings. The lowest BCUT2D eigenvalue weighted by Gasteiger charge is -2.34. The molecule has 0 spiro atoms. The van der Waals surface area contributed by atoms with Crippen LogP contribution >= 0.6 is 0 Å². The van der Waals surface area contributed by atoms with Crippen LogP contribution in [0.15, 0.2) is 0 Å². The van der Waals surface area contributed by atoms with Crippen LogP contribution in [0.25, 0.3) is 0 Å². The highest BCUT2D eigenvalue weighted by atomic mass is 16.5. The van der Waals surface area contributed by atoms with E-state index in [0.717, 1.165) is 52.3 Å². The molecule has 2 aliphatic rings. The van der Waals surface area contributed by atoms with Gasteiger partial charge in [0.1, 0.15) is 0 Å². The van der Waals surface area contributed by atoms with Crippen molar-refractivity contribution in [3.8, 4) is 0 Å². The topological polar surface area (TPSA) is 41.9 Å². The number of β-amino-alcohol motifs (C(OH)–C–C–N with tert-alkyl or cyclic N) is 1. The summed E-state index contributed by atoms with van der Waals surface area (Å²) in [5, 5.41) is 10.1. The van der Waals surface area contributed by atoms with Crippen molar-refractivity contribution in [3.05, 3.63) is 0 Å². The second-order valence-electron chi connectivity index (χ2n) is 4.85. The highest BCUT2D eigenvalue weighted by molar-refractivity contribution is 4.78. The summed E-state index contributed by atoms with van der Waals surface area (Å²) in [7, 11) is 0. The van der Waals surface area contributed by atoms with E-state index < -0.39 is 0 Å². The first-order valence-corrected chi connectivity index (χ1v) is 6.39. The minimum absolute atomic E-state index is 0.238. The Morgan fingerprint density at radius 3 is 3.00 bits per heavy atom. The molecule has 0 amide bonds. The van der Waals surface area contributed by atoms with Crippen LogP contribution in [-0.2, 0) is 9.47 Å². The number of aliphatic hydroxyl groups excluding tert-OH is 1. The van der Waals surface area contributed by atoms with Gasteiger partial charge in [-0.25, -0.2) is 0 Å². The molecular weight excluding hydrogens is 206 g/mol. The number of ether oxygens (including phenoxy) is 2. The summed E-state index contributed by atoms with van der Waals surface area (Å²) in [4.78, 5) is 2.32. The van der Waals surface area contributed by atoms with Gasteiger partial charge in [-0.15, -0.1) is 0 Å². The van der Waals surface area contributed by atoms with Gasteiger partial charge >= 0.3 is 0 Å². The van der Waals surface area contributed by atoms with E-state index in [-0.39, 0.29) is 6.10 Å². The Morgan fingerprint density at radius 2 is 2.31 bits per heavy atom. The third-order valence-electron chi connectivity index (χ3n) is 3.63. The summed E-state index contributed by atoms with van der Waals surface area (Å²) in [5.74, 6) is 0.336. The minimum atomic E-state index is -0.238. The van der Waals surface area contributed by atoms with Gasteiger partial charge in [0.2, 0.25) is 0 Å². The van der Waals surface area contributed by atoms with Crippen LogP contribution in [0.5, 0.6) is 0 Å². The maximum Gasteiger partial charge on any atom is 0.0718 e.